The number of esters is 2. The molecule has 0 aliphatic carbocycles. The molecule has 0 aromatic carbocycles. The Bertz CT molecular complexity index is 582. The summed E-state index contributed by atoms with van der Waals surface area (Å²) in [6.07, 6.45) is 1.66. The molecule has 2 heterocycles. The average Bonchev–Trinajstić information content (AvgIpc) is 2.59. The molecule has 0 saturated heterocycles. The van der Waals surface area contributed by atoms with Gasteiger partial charge in [0.05, 0.1) is 23.9 Å². The van der Waals surface area contributed by atoms with Crippen molar-refractivity contribution in [1.82, 2.24) is 10.6 Å². The quantitative estimate of drug-likeness (QED) is 0.670. The normalized spacial score (nSPS) is 20.0. The van der Waals surface area contributed by atoms with Crippen LogP contribution in [0.4, 0.5) is 4.79 Å². The van der Waals surface area contributed by atoms with Gasteiger partial charge < -0.3 is 29.6 Å². The Labute approximate surface area is 138 Å². The summed E-state index contributed by atoms with van der Waals surface area (Å²) in [4.78, 5) is 35.8. The lowest BCUT2D eigenvalue weighted by atomic mass is 10.0. The van der Waals surface area contributed by atoms with E-state index in [9.17, 15) is 14.4 Å². The first-order valence-corrected chi connectivity index (χ1v) is 7.66. The Morgan fingerprint density at radius 1 is 1.25 bits per heavy atom. The molecule has 0 aromatic heterocycles. The Hall–Kier alpha value is -2.71. The summed E-state index contributed by atoms with van der Waals surface area (Å²) in [5.41, 5.74) is 0.427. The number of nitrogens with one attached hydrogen (secondary N) is 2. The number of hydrogen-bond donors (Lipinski definition) is 2. The second-order valence-electron chi connectivity index (χ2n) is 4.95. The van der Waals surface area contributed by atoms with Gasteiger partial charge in [0, 0.05) is 0 Å². The number of carbonyl (C=O) groups is 3. The molecule has 9 heteroatoms. The van der Waals surface area contributed by atoms with Gasteiger partial charge in [-0.05, 0) is 13.3 Å². The average molecular weight is 340 g/mol. The first-order valence-electron chi connectivity index (χ1n) is 7.66. The van der Waals surface area contributed by atoms with Gasteiger partial charge in [-0.2, -0.15) is 0 Å². The van der Waals surface area contributed by atoms with E-state index in [1.807, 2.05) is 6.92 Å². The lowest BCUT2D eigenvalue weighted by Crippen LogP contribution is -2.51. The van der Waals surface area contributed by atoms with Crippen molar-refractivity contribution in [3.8, 4) is 0 Å². The van der Waals surface area contributed by atoms with Crippen LogP contribution in [-0.2, 0) is 28.5 Å². The Kier molecular flexibility index (Phi) is 6.05. The molecule has 0 bridgehead atoms. The molecule has 2 rings (SSSR count). The van der Waals surface area contributed by atoms with E-state index in [0.717, 1.165) is 0 Å². The van der Waals surface area contributed by atoms with Gasteiger partial charge in [0.15, 0.2) is 0 Å². The van der Waals surface area contributed by atoms with Crippen molar-refractivity contribution in [2.24, 2.45) is 0 Å². The minimum atomic E-state index is -0.744. The van der Waals surface area contributed by atoms with Crippen LogP contribution in [0.2, 0.25) is 0 Å². The predicted molar refractivity (Wildman–Crippen MR) is 80.4 cm³/mol. The summed E-state index contributed by atoms with van der Waals surface area (Å²) in [6, 6.07) is -0.989. The van der Waals surface area contributed by atoms with Crippen LogP contribution in [-0.4, -0.2) is 50.4 Å². The number of rotatable bonds is 6. The van der Waals surface area contributed by atoms with Gasteiger partial charge in [-0.15, -0.1) is 0 Å². The van der Waals surface area contributed by atoms with E-state index in [4.69, 9.17) is 18.9 Å². The Morgan fingerprint density at radius 2 is 2.04 bits per heavy atom. The maximum atomic E-state index is 12.2. The third-order valence-corrected chi connectivity index (χ3v) is 3.34. The molecule has 0 fully saturated rings. The van der Waals surface area contributed by atoms with Crippen LogP contribution in [0.5, 0.6) is 0 Å². The van der Waals surface area contributed by atoms with Crippen molar-refractivity contribution in [3.05, 3.63) is 23.3 Å². The smallest absolute Gasteiger partial charge is 0.377 e. The Morgan fingerprint density at radius 3 is 2.67 bits per heavy atom. The van der Waals surface area contributed by atoms with Crippen molar-refractivity contribution in [3.63, 3.8) is 0 Å². The van der Waals surface area contributed by atoms with Crippen molar-refractivity contribution in [2.45, 2.75) is 26.3 Å². The highest BCUT2D eigenvalue weighted by atomic mass is 16.6. The molecule has 0 aromatic rings. The first kappa shape index (κ1) is 17.6. The molecule has 2 N–H and O–H groups in total. The summed E-state index contributed by atoms with van der Waals surface area (Å²) in [5.74, 6) is -1.38. The molecule has 0 radical (unpaired) electrons. The van der Waals surface area contributed by atoms with Crippen LogP contribution in [0.1, 0.15) is 20.3 Å². The van der Waals surface area contributed by atoms with Gasteiger partial charge in [0.25, 0.3) is 0 Å². The van der Waals surface area contributed by atoms with E-state index in [-0.39, 0.29) is 36.8 Å². The lowest BCUT2D eigenvalue weighted by molar-refractivity contribution is -0.144. The number of ether oxygens (including phenoxy) is 4. The molecule has 0 saturated carbocycles. The molecule has 2 aliphatic rings. The highest BCUT2D eigenvalue weighted by Gasteiger charge is 2.32. The molecule has 2 amide bonds. The minimum Gasteiger partial charge on any atom is -0.493 e. The standard InChI is InChI=1S/C15H20N2O7/c1-3-9-12(14(19)22-4-2)10(17-15(20)16-9)7-24-13(18)11-8-21-5-6-23-11/h8-9H,3-7H2,1-2H3,(H2,16,17,20)/t9-/m1/s1. The molecule has 0 unspecified atom stereocenters. The third-order valence-electron chi connectivity index (χ3n) is 3.34. The molecule has 2 aliphatic heterocycles. The van der Waals surface area contributed by atoms with E-state index < -0.39 is 24.0 Å². The number of hydrogen-bond acceptors (Lipinski definition) is 7. The largest absolute Gasteiger partial charge is 0.493 e. The summed E-state index contributed by atoms with van der Waals surface area (Å²) >= 11 is 0. The SMILES string of the molecule is CCOC(=O)C1=C(COC(=O)C2=COCCO2)NC(=O)N[C@@H]1CC. The van der Waals surface area contributed by atoms with Crippen molar-refractivity contribution in [2.75, 3.05) is 26.4 Å². The van der Waals surface area contributed by atoms with Gasteiger partial charge in [-0.3, -0.25) is 0 Å². The van der Waals surface area contributed by atoms with Gasteiger partial charge in [-0.1, -0.05) is 6.92 Å². The predicted octanol–water partition coefficient (Wildman–Crippen LogP) is 0.326. The van der Waals surface area contributed by atoms with E-state index >= 15 is 0 Å². The van der Waals surface area contributed by atoms with Crippen molar-refractivity contribution in [1.29, 1.82) is 0 Å². The first-order chi connectivity index (χ1) is 11.6. The molecule has 9 nitrogen and oxygen atoms in total. The fraction of sp³-hybridized carbons (Fsp3) is 0.533. The monoisotopic (exact) mass is 340 g/mol. The van der Waals surface area contributed by atoms with E-state index in [2.05, 4.69) is 10.6 Å². The topological polar surface area (TPSA) is 112 Å². The van der Waals surface area contributed by atoms with Crippen LogP contribution in [0.3, 0.4) is 0 Å². The Balaban J connectivity index is 2.14. The molecule has 1 atom stereocenters. The van der Waals surface area contributed by atoms with Crippen LogP contribution in [0.15, 0.2) is 23.3 Å². The number of carbonyl (C=O) groups excluding carboxylic acids is 3. The van der Waals surface area contributed by atoms with Crippen LogP contribution < -0.4 is 10.6 Å². The van der Waals surface area contributed by atoms with E-state index in [1.54, 1.807) is 6.92 Å². The maximum Gasteiger partial charge on any atom is 0.377 e. The molecular formula is C15H20N2O7. The van der Waals surface area contributed by atoms with Crippen molar-refractivity contribution >= 4 is 18.0 Å². The molecule has 0 spiro atoms. The zero-order chi connectivity index (χ0) is 17.5. The van der Waals surface area contributed by atoms with Gasteiger partial charge >= 0.3 is 18.0 Å². The molecular weight excluding hydrogens is 320 g/mol. The summed E-state index contributed by atoms with van der Waals surface area (Å²) in [6.45, 7) is 4.00. The van der Waals surface area contributed by atoms with Crippen LogP contribution >= 0.6 is 0 Å². The van der Waals surface area contributed by atoms with Crippen LogP contribution in [0.25, 0.3) is 0 Å². The molecule has 24 heavy (non-hydrogen) atoms. The third kappa shape index (κ3) is 4.18. The van der Waals surface area contributed by atoms with Crippen LogP contribution in [0, 0.1) is 0 Å². The fourth-order valence-corrected chi connectivity index (χ4v) is 2.26. The van der Waals surface area contributed by atoms with E-state index in [0.29, 0.717) is 13.0 Å². The second-order valence-corrected chi connectivity index (χ2v) is 4.95. The highest BCUT2D eigenvalue weighted by Crippen LogP contribution is 2.18. The fourth-order valence-electron chi connectivity index (χ4n) is 2.26. The summed E-state index contributed by atoms with van der Waals surface area (Å²) in [5, 5.41) is 5.12. The number of amides is 2. The van der Waals surface area contributed by atoms with Gasteiger partial charge in [0.2, 0.25) is 5.76 Å². The second kappa shape index (κ2) is 8.23. The molecule has 132 valence electrons. The lowest BCUT2D eigenvalue weighted by Gasteiger charge is -2.28. The zero-order valence-corrected chi connectivity index (χ0v) is 13.5. The van der Waals surface area contributed by atoms with Gasteiger partial charge in [-0.25, -0.2) is 14.4 Å². The zero-order valence-electron chi connectivity index (χ0n) is 13.5. The van der Waals surface area contributed by atoms with Gasteiger partial charge in [0.1, 0.15) is 26.1 Å². The highest BCUT2D eigenvalue weighted by molar-refractivity contribution is 5.95. The minimum absolute atomic E-state index is 0.0631. The maximum absolute atomic E-state index is 12.2. The summed E-state index contributed by atoms with van der Waals surface area (Å²) < 4.78 is 20.2. The van der Waals surface area contributed by atoms with E-state index in [1.165, 1.54) is 6.26 Å². The van der Waals surface area contributed by atoms with Crippen molar-refractivity contribution < 1.29 is 33.3 Å². The number of urea groups is 1. The summed E-state index contributed by atoms with van der Waals surface area (Å²) in [7, 11) is 0.